The molecule has 0 aromatic carbocycles. The number of anilines is 1. The van der Waals surface area contributed by atoms with E-state index in [9.17, 15) is 13.2 Å². The predicted molar refractivity (Wildman–Crippen MR) is 100 cm³/mol. The first-order valence-electron chi connectivity index (χ1n) is 7.75. The van der Waals surface area contributed by atoms with Gasteiger partial charge in [-0.15, -0.1) is 0 Å². The Morgan fingerprint density at radius 2 is 1.89 bits per heavy atom. The second-order valence-corrected chi connectivity index (χ2v) is 6.61. The molecule has 0 unspecified atom stereocenters. The van der Waals surface area contributed by atoms with Crippen molar-refractivity contribution in [3.63, 3.8) is 0 Å². The van der Waals surface area contributed by atoms with E-state index in [2.05, 4.69) is 35.6 Å². The summed E-state index contributed by atoms with van der Waals surface area (Å²) in [7, 11) is 0. The Morgan fingerprint density at radius 3 is 2.57 bits per heavy atom. The van der Waals surface area contributed by atoms with Gasteiger partial charge in [-0.1, -0.05) is 6.07 Å². The van der Waals surface area contributed by atoms with Gasteiger partial charge >= 0.3 is 6.18 Å². The molecule has 0 fully saturated rings. The van der Waals surface area contributed by atoms with E-state index in [1.165, 1.54) is 12.4 Å². The number of pyridine rings is 1. The average Bonchev–Trinajstić information content (AvgIpc) is 2.67. The number of nitrogens with one attached hydrogen (secondary N) is 2. The summed E-state index contributed by atoms with van der Waals surface area (Å²) >= 11 is 5.99. The van der Waals surface area contributed by atoms with Crippen LogP contribution in [0.15, 0.2) is 59.2 Å². The molecule has 0 aliphatic carbocycles. The molecule has 3 rings (SSSR count). The number of alkyl halides is 3. The van der Waals surface area contributed by atoms with Crippen LogP contribution >= 0.6 is 24.0 Å². The third kappa shape index (κ3) is 5.82. The van der Waals surface area contributed by atoms with Crippen LogP contribution in [0.3, 0.4) is 0 Å². The highest BCUT2D eigenvalue weighted by Crippen LogP contribution is 2.32. The van der Waals surface area contributed by atoms with E-state index in [1.807, 2.05) is 6.07 Å². The first-order valence-corrected chi connectivity index (χ1v) is 8.97. The molecular formula is C16H12F3N7S2. The van der Waals surface area contributed by atoms with Gasteiger partial charge in [-0.2, -0.15) is 13.2 Å². The smallest absolute Gasteiger partial charge is 0.358 e. The predicted octanol–water partition coefficient (Wildman–Crippen LogP) is 3.32. The van der Waals surface area contributed by atoms with Crippen molar-refractivity contribution in [3.8, 4) is 0 Å². The molecule has 0 bridgehead atoms. The van der Waals surface area contributed by atoms with Gasteiger partial charge in [0.2, 0.25) is 5.95 Å². The van der Waals surface area contributed by atoms with Gasteiger partial charge in [0.1, 0.15) is 5.03 Å². The minimum atomic E-state index is -4.64. The van der Waals surface area contributed by atoms with Gasteiger partial charge in [-0.25, -0.2) is 19.9 Å². The van der Waals surface area contributed by atoms with Crippen LogP contribution in [0.25, 0.3) is 0 Å². The van der Waals surface area contributed by atoms with Crippen LogP contribution in [-0.2, 0) is 12.7 Å². The van der Waals surface area contributed by atoms with Crippen molar-refractivity contribution < 1.29 is 13.2 Å². The minimum Gasteiger partial charge on any atom is -0.358 e. The van der Waals surface area contributed by atoms with Crippen LogP contribution in [0.2, 0.25) is 0 Å². The van der Waals surface area contributed by atoms with Gasteiger partial charge in [-0.05, 0) is 41.7 Å². The van der Waals surface area contributed by atoms with E-state index in [0.717, 1.165) is 23.4 Å². The molecule has 3 aromatic rings. The maximum absolute atomic E-state index is 13.2. The summed E-state index contributed by atoms with van der Waals surface area (Å²) in [4.78, 5) is 19.5. The topological polar surface area (TPSA) is 88.5 Å². The lowest BCUT2D eigenvalue weighted by Crippen LogP contribution is -2.29. The Labute approximate surface area is 167 Å². The Balaban J connectivity index is 1.75. The van der Waals surface area contributed by atoms with Crippen LogP contribution in [0, 0.1) is 0 Å². The van der Waals surface area contributed by atoms with Crippen LogP contribution in [0.4, 0.5) is 19.1 Å². The molecular weight excluding hydrogens is 411 g/mol. The van der Waals surface area contributed by atoms with Crippen molar-refractivity contribution in [1.29, 1.82) is 0 Å². The molecule has 3 heterocycles. The largest absolute Gasteiger partial charge is 0.433 e. The first kappa shape index (κ1) is 19.9. The quantitative estimate of drug-likeness (QED) is 0.364. The number of halogens is 3. The summed E-state index contributed by atoms with van der Waals surface area (Å²) in [5.41, 5.74) is -0.243. The Kier molecular flexibility index (Phi) is 6.31. The minimum absolute atomic E-state index is 0.0334. The van der Waals surface area contributed by atoms with Crippen LogP contribution in [0.5, 0.6) is 0 Å². The number of nitrogens with zero attached hydrogens (tertiary/aromatic N) is 5. The van der Waals surface area contributed by atoms with Crippen LogP contribution < -0.4 is 10.6 Å². The Hall–Kier alpha value is -2.86. The lowest BCUT2D eigenvalue weighted by atomic mass is 10.3. The molecule has 3 aromatic heterocycles. The zero-order valence-electron chi connectivity index (χ0n) is 14.0. The summed E-state index contributed by atoms with van der Waals surface area (Å²) in [6.45, 7) is 0.345. The number of hydrogen-bond donors (Lipinski definition) is 2. The van der Waals surface area contributed by atoms with Crippen molar-refractivity contribution in [2.75, 3.05) is 5.32 Å². The van der Waals surface area contributed by atoms with Crippen molar-refractivity contribution in [2.24, 2.45) is 0 Å². The summed E-state index contributed by atoms with van der Waals surface area (Å²) in [6.07, 6.45) is 1.60. The Morgan fingerprint density at radius 1 is 1.11 bits per heavy atom. The average molecular weight is 423 g/mol. The summed E-state index contributed by atoms with van der Waals surface area (Å²) in [5, 5.41) is 5.81. The molecule has 0 saturated carbocycles. The van der Waals surface area contributed by atoms with Gasteiger partial charge < -0.3 is 10.6 Å². The normalized spacial score (nSPS) is 11.1. The van der Waals surface area contributed by atoms with Gasteiger partial charge in [0.05, 0.1) is 0 Å². The number of thiocarbonyl (C=S) groups is 1. The highest BCUT2D eigenvalue weighted by Gasteiger charge is 2.34. The molecule has 7 nitrogen and oxygen atoms in total. The molecule has 0 aliphatic heterocycles. The number of hydrogen-bond acceptors (Lipinski definition) is 7. The summed E-state index contributed by atoms with van der Waals surface area (Å²) in [5.74, 6) is -0.281. The van der Waals surface area contributed by atoms with E-state index in [-0.39, 0.29) is 21.2 Å². The second kappa shape index (κ2) is 8.89. The zero-order chi connectivity index (χ0) is 20.0. The maximum Gasteiger partial charge on any atom is 0.433 e. The fraction of sp³-hybridized carbons (Fsp3) is 0.125. The standard InChI is InChI=1S/C16H12F3N7S2/c17-16(18,19)11-7-12(28-15-21-5-2-6-22-15)25-13(24-11)26-14(27)23-9-10-3-1-4-20-8-10/h1-8H,9H2,(H2,23,24,25,26,27). The van der Waals surface area contributed by atoms with Crippen molar-refractivity contribution in [2.45, 2.75) is 22.9 Å². The van der Waals surface area contributed by atoms with E-state index in [1.54, 1.807) is 24.5 Å². The van der Waals surface area contributed by atoms with Gasteiger partial charge in [-0.3, -0.25) is 4.98 Å². The van der Waals surface area contributed by atoms with E-state index in [0.29, 0.717) is 6.54 Å². The van der Waals surface area contributed by atoms with E-state index < -0.39 is 11.9 Å². The van der Waals surface area contributed by atoms with E-state index in [4.69, 9.17) is 12.2 Å². The SMILES string of the molecule is FC(F)(F)c1cc(Sc2ncccn2)nc(NC(=S)NCc2cccnc2)n1. The zero-order valence-corrected chi connectivity index (χ0v) is 15.6. The highest BCUT2D eigenvalue weighted by molar-refractivity contribution is 7.99. The molecule has 0 saturated heterocycles. The van der Waals surface area contributed by atoms with Crippen molar-refractivity contribution in [1.82, 2.24) is 30.2 Å². The lowest BCUT2D eigenvalue weighted by Gasteiger charge is -2.12. The molecule has 2 N–H and O–H groups in total. The lowest BCUT2D eigenvalue weighted by molar-refractivity contribution is -0.141. The molecule has 0 aliphatic rings. The fourth-order valence-electron chi connectivity index (χ4n) is 1.94. The molecule has 0 radical (unpaired) electrons. The maximum atomic E-state index is 13.2. The third-order valence-electron chi connectivity index (χ3n) is 3.13. The first-order chi connectivity index (χ1) is 13.4. The molecule has 28 heavy (non-hydrogen) atoms. The molecule has 0 spiro atoms. The van der Waals surface area contributed by atoms with Gasteiger partial charge in [0, 0.05) is 37.4 Å². The van der Waals surface area contributed by atoms with Crippen LogP contribution in [0.1, 0.15) is 11.3 Å². The second-order valence-electron chi connectivity index (χ2n) is 5.22. The number of aromatic nitrogens is 5. The molecule has 0 amide bonds. The summed E-state index contributed by atoms with van der Waals surface area (Å²) in [6, 6.07) is 6.03. The Bertz CT molecular complexity index is 940. The van der Waals surface area contributed by atoms with Crippen molar-refractivity contribution >= 4 is 35.0 Å². The molecule has 0 atom stereocenters. The van der Waals surface area contributed by atoms with Crippen LogP contribution in [-0.4, -0.2) is 30.0 Å². The third-order valence-corrected chi connectivity index (χ3v) is 4.19. The van der Waals surface area contributed by atoms with Gasteiger partial charge in [0.25, 0.3) is 0 Å². The highest BCUT2D eigenvalue weighted by atomic mass is 32.2. The summed E-state index contributed by atoms with van der Waals surface area (Å²) < 4.78 is 39.5. The number of rotatable bonds is 5. The van der Waals surface area contributed by atoms with Gasteiger partial charge in [0.15, 0.2) is 16.0 Å². The monoisotopic (exact) mass is 423 g/mol. The molecule has 144 valence electrons. The van der Waals surface area contributed by atoms with E-state index >= 15 is 0 Å². The molecule has 12 heteroatoms. The fourth-order valence-corrected chi connectivity index (χ4v) is 2.82. The van der Waals surface area contributed by atoms with Crippen molar-refractivity contribution in [3.05, 3.63) is 60.3 Å².